The summed E-state index contributed by atoms with van der Waals surface area (Å²) in [6, 6.07) is 7.78. The zero-order chi connectivity index (χ0) is 15.2. The first-order valence-corrected chi connectivity index (χ1v) is 6.39. The first-order valence-electron chi connectivity index (χ1n) is 6.39. The van der Waals surface area contributed by atoms with Gasteiger partial charge in [0.15, 0.2) is 5.69 Å². The largest absolute Gasteiger partial charge is 0.496 e. The van der Waals surface area contributed by atoms with E-state index in [0.29, 0.717) is 12.4 Å². The Hall–Kier alpha value is -2.63. The van der Waals surface area contributed by atoms with Crippen molar-refractivity contribution < 1.29 is 14.3 Å². The van der Waals surface area contributed by atoms with Crippen molar-refractivity contribution in [2.45, 2.75) is 6.54 Å². The molecule has 0 unspecified atom stereocenters. The highest BCUT2D eigenvalue weighted by Crippen LogP contribution is 2.20. The van der Waals surface area contributed by atoms with E-state index in [2.05, 4.69) is 14.7 Å². The van der Waals surface area contributed by atoms with E-state index in [1.165, 1.54) is 13.3 Å². The maximum Gasteiger partial charge on any atom is 0.358 e. The van der Waals surface area contributed by atoms with Gasteiger partial charge in [-0.3, -0.25) is 0 Å². The first-order chi connectivity index (χ1) is 10.2. The van der Waals surface area contributed by atoms with Crippen LogP contribution in [0.2, 0.25) is 0 Å². The van der Waals surface area contributed by atoms with Gasteiger partial charge in [0.25, 0.3) is 0 Å². The average Bonchev–Trinajstić information content (AvgIpc) is 2.54. The lowest BCUT2D eigenvalue weighted by Crippen LogP contribution is -2.19. The third kappa shape index (κ3) is 3.47. The van der Waals surface area contributed by atoms with Crippen LogP contribution in [0.4, 0.5) is 5.82 Å². The van der Waals surface area contributed by atoms with E-state index in [-0.39, 0.29) is 5.69 Å². The molecule has 1 aromatic carbocycles. The summed E-state index contributed by atoms with van der Waals surface area (Å²) in [5.74, 6) is 0.985. The number of rotatable bonds is 5. The fourth-order valence-corrected chi connectivity index (χ4v) is 1.90. The van der Waals surface area contributed by atoms with Gasteiger partial charge in [-0.05, 0) is 6.07 Å². The second kappa shape index (κ2) is 6.69. The van der Waals surface area contributed by atoms with Crippen LogP contribution in [0, 0.1) is 0 Å². The van der Waals surface area contributed by atoms with Gasteiger partial charge in [0.2, 0.25) is 0 Å². The number of para-hydroxylation sites is 1. The van der Waals surface area contributed by atoms with Crippen molar-refractivity contribution in [2.75, 3.05) is 26.2 Å². The lowest BCUT2D eigenvalue weighted by atomic mass is 10.2. The zero-order valence-corrected chi connectivity index (χ0v) is 12.2. The number of hydrogen-bond donors (Lipinski definition) is 0. The number of ether oxygens (including phenoxy) is 2. The molecule has 0 radical (unpaired) electrons. The highest BCUT2D eigenvalue weighted by atomic mass is 16.5. The molecule has 0 atom stereocenters. The van der Waals surface area contributed by atoms with Crippen LogP contribution in [0.5, 0.6) is 5.75 Å². The van der Waals surface area contributed by atoms with Crippen LogP contribution >= 0.6 is 0 Å². The predicted octanol–water partition coefficient (Wildman–Crippen LogP) is 1.91. The second-order valence-corrected chi connectivity index (χ2v) is 4.42. The standard InChI is InChI=1S/C15H17N3O3/c1-18(10-11-6-4-5-7-13(11)20-2)14-9-16-12(8-17-14)15(19)21-3/h4-9H,10H2,1-3H3. The summed E-state index contributed by atoms with van der Waals surface area (Å²) in [5, 5.41) is 0. The topological polar surface area (TPSA) is 64.5 Å². The normalized spacial score (nSPS) is 10.0. The Balaban J connectivity index is 2.13. The minimum absolute atomic E-state index is 0.187. The van der Waals surface area contributed by atoms with Gasteiger partial charge in [-0.25, -0.2) is 14.8 Å². The Kier molecular flexibility index (Phi) is 4.71. The molecular formula is C15H17N3O3. The molecule has 21 heavy (non-hydrogen) atoms. The fraction of sp³-hybridized carbons (Fsp3) is 0.267. The highest BCUT2D eigenvalue weighted by molar-refractivity contribution is 5.86. The van der Waals surface area contributed by atoms with Crippen LogP contribution in [0.1, 0.15) is 16.1 Å². The number of aromatic nitrogens is 2. The van der Waals surface area contributed by atoms with Gasteiger partial charge < -0.3 is 14.4 Å². The van der Waals surface area contributed by atoms with Gasteiger partial charge in [-0.2, -0.15) is 0 Å². The van der Waals surface area contributed by atoms with Crippen molar-refractivity contribution >= 4 is 11.8 Å². The first kappa shape index (κ1) is 14.8. The molecule has 2 rings (SSSR count). The van der Waals surface area contributed by atoms with E-state index >= 15 is 0 Å². The van der Waals surface area contributed by atoms with Gasteiger partial charge in [0, 0.05) is 19.2 Å². The number of benzene rings is 1. The maximum absolute atomic E-state index is 11.3. The third-order valence-corrected chi connectivity index (χ3v) is 3.02. The number of methoxy groups -OCH3 is 2. The summed E-state index contributed by atoms with van der Waals surface area (Å²) in [6.45, 7) is 0.621. The summed E-state index contributed by atoms with van der Waals surface area (Å²) in [6.07, 6.45) is 2.95. The Morgan fingerprint density at radius 1 is 1.19 bits per heavy atom. The fourth-order valence-electron chi connectivity index (χ4n) is 1.90. The van der Waals surface area contributed by atoms with Crippen molar-refractivity contribution in [2.24, 2.45) is 0 Å². The number of nitrogens with zero attached hydrogens (tertiary/aromatic N) is 3. The van der Waals surface area contributed by atoms with Crippen LogP contribution in [-0.2, 0) is 11.3 Å². The van der Waals surface area contributed by atoms with Gasteiger partial charge in [-0.15, -0.1) is 0 Å². The number of hydrogen-bond acceptors (Lipinski definition) is 6. The molecule has 1 heterocycles. The van der Waals surface area contributed by atoms with E-state index in [1.54, 1.807) is 13.3 Å². The molecule has 2 aromatic rings. The molecule has 6 nitrogen and oxygen atoms in total. The molecule has 0 saturated heterocycles. The van der Waals surface area contributed by atoms with Crippen molar-refractivity contribution in [1.29, 1.82) is 0 Å². The van der Waals surface area contributed by atoms with E-state index < -0.39 is 5.97 Å². The average molecular weight is 287 g/mol. The van der Waals surface area contributed by atoms with Gasteiger partial charge in [0.05, 0.1) is 26.6 Å². The molecule has 0 aliphatic rings. The van der Waals surface area contributed by atoms with E-state index in [9.17, 15) is 4.79 Å². The van der Waals surface area contributed by atoms with Crippen LogP contribution in [0.3, 0.4) is 0 Å². The summed E-state index contributed by atoms with van der Waals surface area (Å²) < 4.78 is 9.91. The molecule has 0 aliphatic carbocycles. The number of carbonyl (C=O) groups is 1. The molecule has 0 fully saturated rings. The number of anilines is 1. The van der Waals surface area contributed by atoms with E-state index in [1.807, 2.05) is 36.2 Å². The minimum atomic E-state index is -0.499. The Bertz CT molecular complexity index is 614. The van der Waals surface area contributed by atoms with E-state index in [0.717, 1.165) is 11.3 Å². The zero-order valence-electron chi connectivity index (χ0n) is 12.2. The molecule has 6 heteroatoms. The number of carbonyl (C=O) groups excluding carboxylic acids is 1. The third-order valence-electron chi connectivity index (χ3n) is 3.02. The lowest BCUT2D eigenvalue weighted by Gasteiger charge is -2.19. The summed E-state index contributed by atoms with van der Waals surface area (Å²) in [4.78, 5) is 21.5. The molecule has 1 aromatic heterocycles. The quantitative estimate of drug-likeness (QED) is 0.783. The minimum Gasteiger partial charge on any atom is -0.496 e. The van der Waals surface area contributed by atoms with Crippen LogP contribution < -0.4 is 9.64 Å². The lowest BCUT2D eigenvalue weighted by molar-refractivity contribution is 0.0593. The Labute approximate surface area is 123 Å². The van der Waals surface area contributed by atoms with Crippen LogP contribution in [0.25, 0.3) is 0 Å². The van der Waals surface area contributed by atoms with Crippen molar-refractivity contribution in [3.8, 4) is 5.75 Å². The van der Waals surface area contributed by atoms with Gasteiger partial charge in [-0.1, -0.05) is 18.2 Å². The summed E-state index contributed by atoms with van der Waals surface area (Å²) in [5.41, 5.74) is 1.23. The number of esters is 1. The Morgan fingerprint density at radius 2 is 1.95 bits per heavy atom. The highest BCUT2D eigenvalue weighted by Gasteiger charge is 2.11. The Morgan fingerprint density at radius 3 is 2.57 bits per heavy atom. The molecule has 0 saturated carbocycles. The van der Waals surface area contributed by atoms with Crippen LogP contribution in [-0.4, -0.2) is 37.2 Å². The molecule has 0 N–H and O–H groups in total. The molecule has 0 amide bonds. The SMILES string of the molecule is COC(=O)c1cnc(N(C)Cc2ccccc2OC)cn1. The monoisotopic (exact) mass is 287 g/mol. The second-order valence-electron chi connectivity index (χ2n) is 4.42. The predicted molar refractivity (Wildman–Crippen MR) is 78.5 cm³/mol. The van der Waals surface area contributed by atoms with Crippen molar-refractivity contribution in [3.05, 3.63) is 47.9 Å². The van der Waals surface area contributed by atoms with Crippen LogP contribution in [0.15, 0.2) is 36.7 Å². The van der Waals surface area contributed by atoms with Crippen molar-refractivity contribution in [3.63, 3.8) is 0 Å². The molecular weight excluding hydrogens is 270 g/mol. The molecule has 110 valence electrons. The molecule has 0 aliphatic heterocycles. The smallest absolute Gasteiger partial charge is 0.358 e. The van der Waals surface area contributed by atoms with Gasteiger partial charge in [0.1, 0.15) is 11.6 Å². The van der Waals surface area contributed by atoms with E-state index in [4.69, 9.17) is 4.74 Å². The van der Waals surface area contributed by atoms with Crippen molar-refractivity contribution in [1.82, 2.24) is 9.97 Å². The maximum atomic E-state index is 11.3. The summed E-state index contributed by atoms with van der Waals surface area (Å²) >= 11 is 0. The molecule has 0 bridgehead atoms. The molecule has 0 spiro atoms. The van der Waals surface area contributed by atoms with Gasteiger partial charge >= 0.3 is 5.97 Å². The summed E-state index contributed by atoms with van der Waals surface area (Å²) in [7, 11) is 4.85.